The van der Waals surface area contributed by atoms with Gasteiger partial charge < -0.3 is 10.2 Å². The molecule has 0 amide bonds. The van der Waals surface area contributed by atoms with E-state index in [0.717, 1.165) is 26.1 Å². The minimum atomic E-state index is 0.556. The average Bonchev–Trinajstić information content (AvgIpc) is 2.35. The van der Waals surface area contributed by atoms with E-state index in [2.05, 4.69) is 56.1 Å². The summed E-state index contributed by atoms with van der Waals surface area (Å²) in [4.78, 5) is 2.55. The van der Waals surface area contributed by atoms with Gasteiger partial charge in [-0.3, -0.25) is 0 Å². The Hall–Kier alpha value is -1.02. The van der Waals surface area contributed by atoms with E-state index >= 15 is 0 Å². The fourth-order valence-corrected chi connectivity index (χ4v) is 2.75. The highest BCUT2D eigenvalue weighted by Crippen LogP contribution is 2.28. The zero-order chi connectivity index (χ0) is 13.1. The van der Waals surface area contributed by atoms with Gasteiger partial charge in [-0.2, -0.15) is 0 Å². The molecule has 1 aliphatic heterocycles. The molecule has 100 valence electrons. The molecule has 0 aromatic heterocycles. The first-order valence-electron chi connectivity index (χ1n) is 7.17. The molecule has 18 heavy (non-hydrogen) atoms. The number of fused-ring (bicyclic) bond motifs is 1. The van der Waals surface area contributed by atoms with Crippen molar-refractivity contribution in [1.29, 1.82) is 0 Å². The van der Waals surface area contributed by atoms with Gasteiger partial charge in [0.05, 0.1) is 0 Å². The standard InChI is InChI=1S/C16H26N2/c1-12(2)11-18(13(3)4)16-7-5-6-14-8-9-17-10-15(14)16/h5-7,12-13,17H,8-11H2,1-4H3. The molecular formula is C16H26N2. The minimum Gasteiger partial charge on any atom is -0.369 e. The van der Waals surface area contributed by atoms with E-state index in [1.165, 1.54) is 16.8 Å². The zero-order valence-electron chi connectivity index (χ0n) is 12.2. The van der Waals surface area contributed by atoms with Crippen molar-refractivity contribution in [3.63, 3.8) is 0 Å². The Morgan fingerprint density at radius 2 is 2.00 bits per heavy atom. The first-order valence-corrected chi connectivity index (χ1v) is 7.17. The molecule has 0 radical (unpaired) electrons. The number of nitrogens with zero attached hydrogens (tertiary/aromatic N) is 1. The van der Waals surface area contributed by atoms with Gasteiger partial charge >= 0.3 is 0 Å². The molecule has 0 saturated carbocycles. The van der Waals surface area contributed by atoms with E-state index in [0.29, 0.717) is 12.0 Å². The molecule has 1 aromatic carbocycles. The van der Waals surface area contributed by atoms with Gasteiger partial charge in [-0.15, -0.1) is 0 Å². The predicted molar refractivity (Wildman–Crippen MR) is 79.2 cm³/mol. The summed E-state index contributed by atoms with van der Waals surface area (Å²) in [6, 6.07) is 7.34. The second-order valence-corrected chi connectivity index (χ2v) is 5.98. The van der Waals surface area contributed by atoms with Crippen LogP contribution < -0.4 is 10.2 Å². The molecule has 0 spiro atoms. The summed E-state index contributed by atoms with van der Waals surface area (Å²) >= 11 is 0. The number of nitrogens with one attached hydrogen (secondary N) is 1. The van der Waals surface area contributed by atoms with Crippen LogP contribution in [-0.2, 0) is 13.0 Å². The van der Waals surface area contributed by atoms with Crippen molar-refractivity contribution in [3.8, 4) is 0 Å². The van der Waals surface area contributed by atoms with Gasteiger partial charge in [0.1, 0.15) is 0 Å². The average molecular weight is 246 g/mol. The molecule has 1 N–H and O–H groups in total. The van der Waals surface area contributed by atoms with Crippen LogP contribution in [0.2, 0.25) is 0 Å². The summed E-state index contributed by atoms with van der Waals surface area (Å²) in [5, 5.41) is 3.50. The lowest BCUT2D eigenvalue weighted by molar-refractivity contribution is 0.563. The minimum absolute atomic E-state index is 0.556. The maximum absolute atomic E-state index is 3.50. The highest BCUT2D eigenvalue weighted by molar-refractivity contribution is 5.58. The molecule has 2 nitrogen and oxygen atoms in total. The lowest BCUT2D eigenvalue weighted by atomic mass is 9.97. The number of anilines is 1. The third-order valence-electron chi connectivity index (χ3n) is 3.62. The van der Waals surface area contributed by atoms with E-state index in [-0.39, 0.29) is 0 Å². The van der Waals surface area contributed by atoms with Gasteiger partial charge in [0, 0.05) is 24.8 Å². The maximum atomic E-state index is 3.50. The Kier molecular flexibility index (Phi) is 4.28. The highest BCUT2D eigenvalue weighted by atomic mass is 15.2. The van der Waals surface area contributed by atoms with Crippen molar-refractivity contribution in [2.45, 2.75) is 46.7 Å². The van der Waals surface area contributed by atoms with Crippen LogP contribution in [0.25, 0.3) is 0 Å². The Labute approximate surface area is 111 Å². The Balaban J connectivity index is 2.35. The second kappa shape index (κ2) is 5.75. The molecule has 0 bridgehead atoms. The smallest absolute Gasteiger partial charge is 0.0417 e. The lowest BCUT2D eigenvalue weighted by Crippen LogP contribution is -2.36. The number of hydrogen-bond acceptors (Lipinski definition) is 2. The first-order chi connectivity index (χ1) is 8.59. The van der Waals surface area contributed by atoms with Crippen molar-refractivity contribution >= 4 is 5.69 Å². The zero-order valence-corrected chi connectivity index (χ0v) is 12.2. The molecule has 0 atom stereocenters. The van der Waals surface area contributed by atoms with Gasteiger partial charge in [0.2, 0.25) is 0 Å². The Morgan fingerprint density at radius 1 is 1.22 bits per heavy atom. The molecule has 1 aromatic rings. The van der Waals surface area contributed by atoms with Crippen LogP contribution in [0.15, 0.2) is 18.2 Å². The number of rotatable bonds is 4. The molecule has 1 aliphatic rings. The fourth-order valence-electron chi connectivity index (χ4n) is 2.75. The number of benzene rings is 1. The topological polar surface area (TPSA) is 15.3 Å². The third kappa shape index (κ3) is 2.86. The lowest BCUT2D eigenvalue weighted by Gasteiger charge is -2.34. The molecule has 1 heterocycles. The van der Waals surface area contributed by atoms with Gasteiger partial charge in [-0.05, 0) is 49.9 Å². The Bertz CT molecular complexity index is 396. The van der Waals surface area contributed by atoms with Gasteiger partial charge in [0.25, 0.3) is 0 Å². The van der Waals surface area contributed by atoms with Crippen molar-refractivity contribution in [2.24, 2.45) is 5.92 Å². The molecule has 2 rings (SSSR count). The summed E-state index contributed by atoms with van der Waals surface area (Å²) < 4.78 is 0. The summed E-state index contributed by atoms with van der Waals surface area (Å²) in [6.07, 6.45) is 1.16. The summed E-state index contributed by atoms with van der Waals surface area (Å²) in [5.41, 5.74) is 4.47. The molecule has 0 unspecified atom stereocenters. The van der Waals surface area contributed by atoms with Crippen molar-refractivity contribution in [1.82, 2.24) is 5.32 Å². The van der Waals surface area contributed by atoms with E-state index in [1.807, 2.05) is 0 Å². The second-order valence-electron chi connectivity index (χ2n) is 5.98. The van der Waals surface area contributed by atoms with Gasteiger partial charge in [-0.25, -0.2) is 0 Å². The van der Waals surface area contributed by atoms with E-state index in [9.17, 15) is 0 Å². The largest absolute Gasteiger partial charge is 0.369 e. The van der Waals surface area contributed by atoms with Crippen LogP contribution >= 0.6 is 0 Å². The van der Waals surface area contributed by atoms with Crippen molar-refractivity contribution in [2.75, 3.05) is 18.0 Å². The number of hydrogen-bond donors (Lipinski definition) is 1. The van der Waals surface area contributed by atoms with Crippen LogP contribution in [0.1, 0.15) is 38.8 Å². The maximum Gasteiger partial charge on any atom is 0.0417 e. The molecular weight excluding hydrogens is 220 g/mol. The molecule has 0 fully saturated rings. The first kappa shape index (κ1) is 13.4. The summed E-state index contributed by atoms with van der Waals surface area (Å²) in [5.74, 6) is 0.694. The fraction of sp³-hybridized carbons (Fsp3) is 0.625. The van der Waals surface area contributed by atoms with Crippen LogP contribution in [0.5, 0.6) is 0 Å². The van der Waals surface area contributed by atoms with Crippen LogP contribution in [0, 0.1) is 5.92 Å². The van der Waals surface area contributed by atoms with Crippen molar-refractivity contribution in [3.05, 3.63) is 29.3 Å². The van der Waals surface area contributed by atoms with Gasteiger partial charge in [-0.1, -0.05) is 26.0 Å². The highest BCUT2D eigenvalue weighted by Gasteiger charge is 2.19. The van der Waals surface area contributed by atoms with E-state index in [1.54, 1.807) is 0 Å². The van der Waals surface area contributed by atoms with Crippen LogP contribution in [0.3, 0.4) is 0 Å². The van der Waals surface area contributed by atoms with Gasteiger partial charge in [0.15, 0.2) is 0 Å². The normalized spacial score (nSPS) is 15.0. The monoisotopic (exact) mass is 246 g/mol. The molecule has 0 aliphatic carbocycles. The van der Waals surface area contributed by atoms with Crippen LogP contribution in [0.4, 0.5) is 5.69 Å². The predicted octanol–water partition coefficient (Wildman–Crippen LogP) is 3.20. The van der Waals surface area contributed by atoms with E-state index < -0.39 is 0 Å². The third-order valence-corrected chi connectivity index (χ3v) is 3.62. The van der Waals surface area contributed by atoms with Crippen molar-refractivity contribution < 1.29 is 0 Å². The van der Waals surface area contributed by atoms with Crippen LogP contribution in [-0.4, -0.2) is 19.1 Å². The quantitative estimate of drug-likeness (QED) is 0.877. The summed E-state index contributed by atoms with van der Waals surface area (Å²) in [7, 11) is 0. The molecule has 2 heteroatoms. The SMILES string of the molecule is CC(C)CN(c1cccc2c1CNCC2)C(C)C. The van der Waals surface area contributed by atoms with E-state index in [4.69, 9.17) is 0 Å². The molecule has 0 saturated heterocycles. The Morgan fingerprint density at radius 3 is 2.67 bits per heavy atom. The summed E-state index contributed by atoms with van der Waals surface area (Å²) in [6.45, 7) is 12.4.